The maximum Gasteiger partial charge on any atom is 0.0701 e. The fraction of sp³-hybridized carbons (Fsp3) is 0.600. The minimum Gasteiger partial charge on any atom is -0.395 e. The van der Waals surface area contributed by atoms with Crippen molar-refractivity contribution in [2.45, 2.75) is 19.0 Å². The maximum absolute atomic E-state index is 9.16. The molecule has 15 heavy (non-hydrogen) atoms. The van der Waals surface area contributed by atoms with Crippen molar-refractivity contribution in [1.82, 2.24) is 5.32 Å². The quantitative estimate of drug-likeness (QED) is 0.812. The fourth-order valence-electron chi connectivity index (χ4n) is 1.21. The topological polar surface area (TPSA) is 32.3 Å². The highest BCUT2D eigenvalue weighted by molar-refractivity contribution is 9.11. The first kappa shape index (κ1) is 13.5. The molecule has 0 saturated heterocycles. The van der Waals surface area contributed by atoms with E-state index in [1.54, 1.807) is 11.3 Å². The van der Waals surface area contributed by atoms with Gasteiger partial charge in [-0.15, -0.1) is 11.3 Å². The first-order valence-electron chi connectivity index (χ1n) is 4.83. The van der Waals surface area contributed by atoms with Crippen LogP contribution in [0.2, 0.25) is 0 Å². The molecule has 2 nitrogen and oxygen atoms in total. The van der Waals surface area contributed by atoms with Gasteiger partial charge in [0.15, 0.2) is 0 Å². The van der Waals surface area contributed by atoms with Crippen LogP contribution in [0.15, 0.2) is 15.9 Å². The fourth-order valence-corrected chi connectivity index (χ4v) is 3.16. The van der Waals surface area contributed by atoms with E-state index in [1.165, 1.54) is 4.88 Å². The van der Waals surface area contributed by atoms with Gasteiger partial charge in [0.2, 0.25) is 0 Å². The van der Waals surface area contributed by atoms with Crippen LogP contribution in [0.1, 0.15) is 11.3 Å². The predicted octanol–water partition coefficient (Wildman–Crippen LogP) is 2.71. The molecule has 86 valence electrons. The molecule has 0 amide bonds. The van der Waals surface area contributed by atoms with E-state index in [1.807, 2.05) is 11.8 Å². The Morgan fingerprint density at radius 3 is 2.93 bits per heavy atom. The Morgan fingerprint density at radius 2 is 2.40 bits per heavy atom. The van der Waals surface area contributed by atoms with Crippen LogP contribution < -0.4 is 5.32 Å². The van der Waals surface area contributed by atoms with E-state index in [9.17, 15) is 0 Å². The van der Waals surface area contributed by atoms with Crippen molar-refractivity contribution < 1.29 is 5.11 Å². The van der Waals surface area contributed by atoms with Crippen molar-refractivity contribution in [3.05, 3.63) is 20.8 Å². The molecule has 1 aromatic rings. The molecule has 1 heterocycles. The summed E-state index contributed by atoms with van der Waals surface area (Å²) in [6.45, 7) is 1.06. The van der Waals surface area contributed by atoms with Crippen LogP contribution in [0.25, 0.3) is 0 Å². The zero-order valence-electron chi connectivity index (χ0n) is 8.70. The molecule has 0 radical (unpaired) electrons. The third-order valence-electron chi connectivity index (χ3n) is 2.08. The molecule has 0 aliphatic heterocycles. The summed E-state index contributed by atoms with van der Waals surface area (Å²) in [6, 6.07) is 4.38. The Kier molecular flexibility index (Phi) is 6.92. The van der Waals surface area contributed by atoms with E-state index in [2.05, 4.69) is 39.6 Å². The van der Waals surface area contributed by atoms with Crippen LogP contribution in [-0.4, -0.2) is 29.8 Å². The monoisotopic (exact) mass is 309 g/mol. The van der Waals surface area contributed by atoms with Gasteiger partial charge >= 0.3 is 0 Å². The summed E-state index contributed by atoms with van der Waals surface area (Å²) >= 11 is 6.98. The van der Waals surface area contributed by atoms with Gasteiger partial charge in [-0.2, -0.15) is 11.8 Å². The van der Waals surface area contributed by atoms with Gasteiger partial charge in [0.1, 0.15) is 0 Å². The van der Waals surface area contributed by atoms with Crippen molar-refractivity contribution in [3.8, 4) is 0 Å². The first-order chi connectivity index (χ1) is 7.26. The van der Waals surface area contributed by atoms with E-state index in [4.69, 9.17) is 5.11 Å². The summed E-state index contributed by atoms with van der Waals surface area (Å²) in [5, 5.41) is 12.5. The molecular formula is C10H16BrNOS2. The molecular weight excluding hydrogens is 294 g/mol. The highest BCUT2D eigenvalue weighted by atomic mass is 79.9. The standard InChI is InChI=1S/C10H16BrNOS2/c1-14-5-4-8(7-13)12-6-9-2-3-10(11)15-9/h2-3,8,12-13H,4-7H2,1H3. The molecule has 2 N–H and O–H groups in total. The molecule has 5 heteroatoms. The summed E-state index contributed by atoms with van der Waals surface area (Å²) < 4.78 is 1.16. The molecule has 1 aromatic heterocycles. The predicted molar refractivity (Wildman–Crippen MR) is 72.7 cm³/mol. The molecule has 1 rings (SSSR count). The summed E-state index contributed by atoms with van der Waals surface area (Å²) in [5.74, 6) is 1.09. The average molecular weight is 310 g/mol. The Morgan fingerprint density at radius 1 is 1.60 bits per heavy atom. The number of aliphatic hydroxyl groups is 1. The van der Waals surface area contributed by atoms with Gasteiger partial charge in [-0.05, 0) is 46.5 Å². The first-order valence-corrected chi connectivity index (χ1v) is 7.84. The normalized spacial score (nSPS) is 13.0. The zero-order chi connectivity index (χ0) is 11.1. The van der Waals surface area contributed by atoms with Crippen LogP contribution in [-0.2, 0) is 6.54 Å². The maximum atomic E-state index is 9.16. The van der Waals surface area contributed by atoms with Crippen molar-refractivity contribution in [1.29, 1.82) is 0 Å². The molecule has 0 aromatic carbocycles. The Labute approximate surface area is 108 Å². The third kappa shape index (κ3) is 5.36. The lowest BCUT2D eigenvalue weighted by molar-refractivity contribution is 0.239. The van der Waals surface area contributed by atoms with Gasteiger partial charge in [0.25, 0.3) is 0 Å². The molecule has 1 atom stereocenters. The lowest BCUT2D eigenvalue weighted by Crippen LogP contribution is -2.32. The molecule has 0 bridgehead atoms. The number of thiophene rings is 1. The second kappa shape index (κ2) is 7.68. The minimum atomic E-state index is 0.215. The van der Waals surface area contributed by atoms with Crippen LogP contribution >= 0.6 is 39.0 Å². The second-order valence-electron chi connectivity index (χ2n) is 3.25. The Bertz CT molecular complexity index is 280. The molecule has 0 aliphatic carbocycles. The summed E-state index contributed by atoms with van der Waals surface area (Å²) in [5.41, 5.74) is 0. The number of thioether (sulfide) groups is 1. The van der Waals surface area contributed by atoms with Gasteiger partial charge in [-0.1, -0.05) is 0 Å². The van der Waals surface area contributed by atoms with Gasteiger partial charge in [-0.25, -0.2) is 0 Å². The van der Waals surface area contributed by atoms with E-state index in [0.29, 0.717) is 0 Å². The smallest absolute Gasteiger partial charge is 0.0701 e. The van der Waals surface area contributed by atoms with E-state index >= 15 is 0 Å². The van der Waals surface area contributed by atoms with Crippen LogP contribution in [0.5, 0.6) is 0 Å². The van der Waals surface area contributed by atoms with Gasteiger partial charge < -0.3 is 10.4 Å². The molecule has 0 spiro atoms. The number of rotatable bonds is 7. The third-order valence-corrected chi connectivity index (χ3v) is 4.35. The van der Waals surface area contributed by atoms with Gasteiger partial charge in [0.05, 0.1) is 10.4 Å². The highest BCUT2D eigenvalue weighted by Crippen LogP contribution is 2.21. The summed E-state index contributed by atoms with van der Waals surface area (Å²) in [7, 11) is 0. The van der Waals surface area contributed by atoms with Gasteiger partial charge in [0, 0.05) is 17.5 Å². The van der Waals surface area contributed by atoms with Crippen LogP contribution in [0.4, 0.5) is 0 Å². The lowest BCUT2D eigenvalue weighted by atomic mass is 10.2. The van der Waals surface area contributed by atoms with Crippen molar-refractivity contribution in [3.63, 3.8) is 0 Å². The number of halogens is 1. The summed E-state index contributed by atoms with van der Waals surface area (Å²) in [4.78, 5) is 1.30. The minimum absolute atomic E-state index is 0.215. The lowest BCUT2D eigenvalue weighted by Gasteiger charge is -2.14. The van der Waals surface area contributed by atoms with E-state index in [-0.39, 0.29) is 12.6 Å². The van der Waals surface area contributed by atoms with Crippen LogP contribution in [0.3, 0.4) is 0 Å². The largest absolute Gasteiger partial charge is 0.395 e. The average Bonchev–Trinajstić information content (AvgIpc) is 2.65. The number of hydrogen-bond acceptors (Lipinski definition) is 4. The number of nitrogens with one attached hydrogen (secondary N) is 1. The zero-order valence-corrected chi connectivity index (χ0v) is 11.9. The van der Waals surface area contributed by atoms with Crippen molar-refractivity contribution >= 4 is 39.0 Å². The van der Waals surface area contributed by atoms with Crippen molar-refractivity contribution in [2.75, 3.05) is 18.6 Å². The Balaban J connectivity index is 2.27. The number of hydrogen-bond donors (Lipinski definition) is 2. The van der Waals surface area contributed by atoms with E-state index < -0.39 is 0 Å². The molecule has 0 fully saturated rings. The van der Waals surface area contributed by atoms with Crippen LogP contribution in [0, 0.1) is 0 Å². The molecule has 0 aliphatic rings. The van der Waals surface area contributed by atoms with Crippen molar-refractivity contribution in [2.24, 2.45) is 0 Å². The second-order valence-corrected chi connectivity index (χ2v) is 6.78. The Hall–Kier alpha value is 0.450. The van der Waals surface area contributed by atoms with E-state index in [0.717, 1.165) is 22.5 Å². The van der Waals surface area contributed by atoms with Gasteiger partial charge in [-0.3, -0.25) is 0 Å². The number of aliphatic hydroxyl groups excluding tert-OH is 1. The SMILES string of the molecule is CSCCC(CO)NCc1ccc(Br)s1. The molecule has 1 unspecified atom stereocenters. The molecule has 0 saturated carbocycles. The highest BCUT2D eigenvalue weighted by Gasteiger charge is 2.06. The summed E-state index contributed by atoms with van der Waals surface area (Å²) in [6.07, 6.45) is 3.11.